The number of aliphatic hydroxyl groups excluding tert-OH is 1. The Morgan fingerprint density at radius 3 is 2.55 bits per heavy atom. The summed E-state index contributed by atoms with van der Waals surface area (Å²) in [5.74, 6) is -0.939. The van der Waals surface area contributed by atoms with Gasteiger partial charge in [-0.05, 0) is 18.1 Å². The van der Waals surface area contributed by atoms with Gasteiger partial charge in [-0.25, -0.2) is 0 Å². The third kappa shape index (κ3) is 5.66. The van der Waals surface area contributed by atoms with Crippen molar-refractivity contribution in [3.05, 3.63) is 53.7 Å². The highest BCUT2D eigenvalue weighted by atomic mass is 35.5. The lowest BCUT2D eigenvalue weighted by molar-refractivity contribution is -0.342. The van der Waals surface area contributed by atoms with E-state index < -0.39 is 35.9 Å². The van der Waals surface area contributed by atoms with Crippen LogP contribution in [0, 0.1) is 0 Å². The number of nitrogens with one attached hydrogen (secondary N) is 1. The number of likely N-dealkylation sites (tertiary alicyclic amines) is 1. The maximum atomic E-state index is 13.1. The van der Waals surface area contributed by atoms with Crippen molar-refractivity contribution in [3.63, 3.8) is 0 Å². The number of carbonyl (C=O) groups excluding carboxylic acids is 2. The molecule has 1 aliphatic carbocycles. The number of amides is 2. The topological polar surface area (TPSA) is 78.9 Å². The number of piperidine rings is 1. The predicted octanol–water partition coefficient (Wildman–Crippen LogP) is 3.32. The van der Waals surface area contributed by atoms with Crippen molar-refractivity contribution >= 4 is 29.0 Å². The van der Waals surface area contributed by atoms with Crippen LogP contribution in [0.4, 0.5) is 13.2 Å². The second-order valence-corrected chi connectivity index (χ2v) is 8.10. The number of carbonyl (C=O) groups is 2. The molecule has 1 saturated heterocycles. The summed E-state index contributed by atoms with van der Waals surface area (Å²) in [5.41, 5.74) is 0.651. The summed E-state index contributed by atoms with van der Waals surface area (Å²) in [4.78, 5) is 26.0. The van der Waals surface area contributed by atoms with Crippen LogP contribution in [-0.2, 0) is 14.3 Å². The van der Waals surface area contributed by atoms with Gasteiger partial charge in [0.1, 0.15) is 6.04 Å². The van der Waals surface area contributed by atoms with Crippen molar-refractivity contribution in [2.24, 2.45) is 0 Å². The van der Waals surface area contributed by atoms with Crippen LogP contribution in [0.25, 0.3) is 5.57 Å². The largest absolute Gasteiger partial charge is 0.524 e. The molecule has 168 valence electrons. The number of benzene rings is 1. The maximum Gasteiger partial charge on any atom is 0.524 e. The minimum absolute atomic E-state index is 0.0366. The average molecular weight is 459 g/mol. The van der Waals surface area contributed by atoms with Gasteiger partial charge in [0.25, 0.3) is 0 Å². The molecule has 10 heteroatoms. The molecule has 2 amide bonds. The molecule has 1 heterocycles. The van der Waals surface area contributed by atoms with Crippen LogP contribution in [-0.4, -0.2) is 51.9 Å². The molecule has 3 atom stereocenters. The fourth-order valence-electron chi connectivity index (χ4n) is 3.81. The summed E-state index contributed by atoms with van der Waals surface area (Å²) >= 11 is 6.32. The van der Waals surface area contributed by atoms with E-state index in [-0.39, 0.29) is 30.1 Å². The average Bonchev–Trinajstić information content (AvgIpc) is 2.66. The number of ether oxygens (including phenoxy) is 1. The van der Waals surface area contributed by atoms with Gasteiger partial charge >= 0.3 is 6.36 Å². The molecule has 0 spiro atoms. The smallest absolute Gasteiger partial charge is 0.393 e. The molecule has 6 nitrogen and oxygen atoms in total. The zero-order valence-corrected chi connectivity index (χ0v) is 17.4. The second-order valence-electron chi connectivity index (χ2n) is 7.49. The summed E-state index contributed by atoms with van der Waals surface area (Å²) in [6, 6.07) is 7.31. The van der Waals surface area contributed by atoms with Crippen molar-refractivity contribution in [3.8, 4) is 0 Å². The van der Waals surface area contributed by atoms with E-state index in [2.05, 4.69) is 10.1 Å². The van der Waals surface area contributed by atoms with Crippen molar-refractivity contribution < 1.29 is 32.6 Å². The fourth-order valence-corrected chi connectivity index (χ4v) is 4.21. The van der Waals surface area contributed by atoms with Crippen LogP contribution in [0.15, 0.2) is 48.2 Å². The van der Waals surface area contributed by atoms with Gasteiger partial charge in [-0.3, -0.25) is 14.3 Å². The molecular formula is C21H22ClF3N2O4. The van der Waals surface area contributed by atoms with Crippen LogP contribution in [0.1, 0.15) is 31.7 Å². The number of hydrogen-bond donors (Lipinski definition) is 2. The number of rotatable bonds is 4. The van der Waals surface area contributed by atoms with Crippen molar-refractivity contribution in [1.29, 1.82) is 0 Å². The molecule has 0 bridgehead atoms. The number of nitrogens with zero attached hydrogens (tertiary/aromatic N) is 1. The number of halogens is 4. The third-order valence-corrected chi connectivity index (χ3v) is 5.61. The highest BCUT2D eigenvalue weighted by molar-refractivity contribution is 6.29. The Balaban J connectivity index is 1.86. The molecular weight excluding hydrogens is 437 g/mol. The first-order chi connectivity index (χ1) is 14.5. The lowest BCUT2D eigenvalue weighted by Gasteiger charge is -2.37. The monoisotopic (exact) mass is 458 g/mol. The Labute approximate surface area is 182 Å². The molecule has 0 radical (unpaired) electrons. The molecule has 0 aromatic heterocycles. The van der Waals surface area contributed by atoms with E-state index >= 15 is 0 Å². The predicted molar refractivity (Wildman–Crippen MR) is 107 cm³/mol. The maximum absolute atomic E-state index is 13.1. The summed E-state index contributed by atoms with van der Waals surface area (Å²) in [7, 11) is 0. The van der Waals surface area contributed by atoms with Gasteiger partial charge in [-0.1, -0.05) is 48.0 Å². The highest BCUT2D eigenvalue weighted by Crippen LogP contribution is 2.45. The lowest BCUT2D eigenvalue weighted by atomic mass is 9.92. The van der Waals surface area contributed by atoms with Gasteiger partial charge in [0.2, 0.25) is 11.8 Å². The first-order valence-electron chi connectivity index (χ1n) is 9.67. The first-order valence-corrected chi connectivity index (χ1v) is 10.0. The molecule has 1 unspecified atom stereocenters. The third-order valence-electron chi connectivity index (χ3n) is 5.20. The summed E-state index contributed by atoms with van der Waals surface area (Å²) in [6.07, 6.45) is -3.02. The van der Waals surface area contributed by atoms with Gasteiger partial charge in [-0.2, -0.15) is 0 Å². The Bertz CT molecular complexity index is 904. The Kier molecular flexibility index (Phi) is 6.78. The molecule has 2 aliphatic rings. The van der Waals surface area contributed by atoms with Crippen LogP contribution in [0.5, 0.6) is 0 Å². The van der Waals surface area contributed by atoms with Crippen LogP contribution in [0.3, 0.4) is 0 Å². The minimum Gasteiger partial charge on any atom is -0.393 e. The van der Waals surface area contributed by atoms with Gasteiger partial charge in [0.15, 0.2) is 5.06 Å². The molecule has 0 saturated carbocycles. The normalized spacial score (nSPS) is 26.7. The summed E-state index contributed by atoms with van der Waals surface area (Å²) in [6.45, 7) is 1.52. The number of alkyl halides is 4. The van der Waals surface area contributed by atoms with Gasteiger partial charge in [-0.15, -0.1) is 13.2 Å². The molecule has 2 N–H and O–H groups in total. The summed E-state index contributed by atoms with van der Waals surface area (Å²) in [5, 5.41) is 10.2. The van der Waals surface area contributed by atoms with E-state index in [1.165, 1.54) is 24.0 Å². The SMILES string of the molecule is CC(=O)N1CC[C@H](O)C[C@@H]1C(=O)NC1=CC=C(c2ccccc2)C(Cl)(OC(F)(F)F)C1. The fraction of sp³-hybridized carbons (Fsp3) is 0.429. The van der Waals surface area contributed by atoms with E-state index in [0.717, 1.165) is 0 Å². The van der Waals surface area contributed by atoms with E-state index in [0.29, 0.717) is 12.0 Å². The van der Waals surface area contributed by atoms with Gasteiger partial charge in [0.05, 0.1) is 6.10 Å². The van der Waals surface area contributed by atoms with Crippen LogP contribution in [0.2, 0.25) is 0 Å². The highest BCUT2D eigenvalue weighted by Gasteiger charge is 2.47. The molecule has 1 aromatic rings. The van der Waals surface area contributed by atoms with Crippen molar-refractivity contribution in [1.82, 2.24) is 10.2 Å². The number of aliphatic hydroxyl groups is 1. The summed E-state index contributed by atoms with van der Waals surface area (Å²) < 4.78 is 43.6. The van der Waals surface area contributed by atoms with Crippen LogP contribution >= 0.6 is 11.6 Å². The van der Waals surface area contributed by atoms with Gasteiger partial charge < -0.3 is 15.3 Å². The van der Waals surface area contributed by atoms with E-state index in [9.17, 15) is 27.9 Å². The lowest BCUT2D eigenvalue weighted by Crippen LogP contribution is -2.54. The second kappa shape index (κ2) is 9.02. The quantitative estimate of drug-likeness (QED) is 0.678. The van der Waals surface area contributed by atoms with E-state index in [1.807, 2.05) is 0 Å². The number of allylic oxidation sites excluding steroid dienone is 2. The van der Waals surface area contributed by atoms with E-state index in [4.69, 9.17) is 11.6 Å². The first kappa shape index (κ1) is 23.3. The van der Waals surface area contributed by atoms with Crippen molar-refractivity contribution in [2.45, 2.75) is 49.8 Å². The zero-order valence-electron chi connectivity index (χ0n) is 16.7. The molecule has 1 aliphatic heterocycles. The molecule has 1 fully saturated rings. The minimum atomic E-state index is -5.01. The Hall–Kier alpha value is -2.36. The standard InChI is InChI=1S/C21H22ClF3N2O4/c1-13(28)27-10-9-16(29)11-18(27)19(30)26-15-7-8-17(14-5-3-2-4-6-14)20(22,12-15)31-21(23,24)25/h2-8,16,18,29H,9-12H2,1H3,(H,26,30)/t16-,18+,20?/m0/s1. The van der Waals surface area contributed by atoms with Crippen LogP contribution < -0.4 is 5.32 Å². The van der Waals surface area contributed by atoms with E-state index in [1.54, 1.807) is 30.3 Å². The molecule has 31 heavy (non-hydrogen) atoms. The molecule has 3 rings (SSSR count). The van der Waals surface area contributed by atoms with Gasteiger partial charge in [0, 0.05) is 37.6 Å². The number of hydrogen-bond acceptors (Lipinski definition) is 4. The van der Waals surface area contributed by atoms with Crippen molar-refractivity contribution in [2.75, 3.05) is 6.54 Å². The Morgan fingerprint density at radius 1 is 1.26 bits per heavy atom. The Morgan fingerprint density at radius 2 is 1.94 bits per heavy atom. The molecule has 1 aromatic carbocycles. The zero-order chi connectivity index (χ0) is 22.8.